The molecule has 1 aromatic carbocycles. The second kappa shape index (κ2) is 5.53. The van der Waals surface area contributed by atoms with E-state index in [9.17, 15) is 9.59 Å². The van der Waals surface area contributed by atoms with Crippen LogP contribution in [-0.4, -0.2) is 66.7 Å². The number of hydrogen-bond acceptors (Lipinski definition) is 4. The summed E-state index contributed by atoms with van der Waals surface area (Å²) in [5, 5.41) is 0. The Labute approximate surface area is 135 Å². The molecule has 0 spiro atoms. The number of para-hydroxylation sites is 1. The Hall–Kier alpha value is -2.08. The van der Waals surface area contributed by atoms with Gasteiger partial charge >= 0.3 is 6.03 Å². The molecule has 3 aliphatic heterocycles. The van der Waals surface area contributed by atoms with E-state index in [2.05, 4.69) is 17.0 Å². The number of nitrogens with zero attached hydrogens (tertiary/aromatic N) is 3. The van der Waals surface area contributed by atoms with Gasteiger partial charge in [-0.3, -0.25) is 9.69 Å². The van der Waals surface area contributed by atoms with Gasteiger partial charge in [-0.2, -0.15) is 0 Å². The van der Waals surface area contributed by atoms with E-state index in [4.69, 9.17) is 4.74 Å². The predicted octanol–water partition coefficient (Wildman–Crippen LogP) is 1.32. The van der Waals surface area contributed by atoms with Gasteiger partial charge < -0.3 is 14.5 Å². The molecule has 0 unspecified atom stereocenters. The van der Waals surface area contributed by atoms with E-state index in [0.29, 0.717) is 13.0 Å². The maximum Gasteiger partial charge on any atom is 0.327 e. The number of methoxy groups -OCH3 is 1. The summed E-state index contributed by atoms with van der Waals surface area (Å²) in [5.74, 6) is -0.0468. The van der Waals surface area contributed by atoms with E-state index in [1.807, 2.05) is 18.2 Å². The molecule has 0 aromatic heterocycles. The first kappa shape index (κ1) is 14.5. The lowest BCUT2D eigenvalue weighted by molar-refractivity contribution is -0.129. The molecule has 1 aromatic rings. The first-order valence-electron chi connectivity index (χ1n) is 8.15. The van der Waals surface area contributed by atoms with Crippen LogP contribution in [0.5, 0.6) is 0 Å². The van der Waals surface area contributed by atoms with Crippen LogP contribution in [-0.2, 0) is 9.53 Å². The van der Waals surface area contributed by atoms with Gasteiger partial charge in [0.1, 0.15) is 6.04 Å². The van der Waals surface area contributed by atoms with Gasteiger partial charge in [-0.05, 0) is 18.6 Å². The van der Waals surface area contributed by atoms with Crippen LogP contribution < -0.4 is 4.90 Å². The quantitative estimate of drug-likeness (QED) is 0.790. The van der Waals surface area contributed by atoms with Crippen LogP contribution in [0, 0.1) is 0 Å². The Morgan fingerprint density at radius 2 is 1.91 bits per heavy atom. The number of urea groups is 1. The van der Waals surface area contributed by atoms with Gasteiger partial charge in [0.05, 0.1) is 12.1 Å². The lowest BCUT2D eigenvalue weighted by atomic mass is 10.1. The smallest absolute Gasteiger partial charge is 0.327 e. The van der Waals surface area contributed by atoms with Crippen molar-refractivity contribution in [3.05, 3.63) is 30.3 Å². The molecule has 0 radical (unpaired) electrons. The lowest BCUT2D eigenvalue weighted by Gasteiger charge is -2.24. The Balaban J connectivity index is 1.48. The van der Waals surface area contributed by atoms with Crippen LogP contribution in [0.2, 0.25) is 0 Å². The number of carbonyl (C=O) groups is 2. The first-order valence-corrected chi connectivity index (χ1v) is 8.15. The zero-order chi connectivity index (χ0) is 16.0. The standard InChI is InChI=1S/C17H21N3O3/c1-23-14-9-15-16(21)20(17(22)19(15)11-14)13-7-8-18(10-13)12-5-3-2-4-6-12/h2-6,13-15H,7-11H2,1H3/t13-,14-,15+/m1/s1. The second-order valence-electron chi connectivity index (χ2n) is 6.48. The highest BCUT2D eigenvalue weighted by atomic mass is 16.5. The molecule has 4 rings (SSSR count). The third-order valence-electron chi connectivity index (χ3n) is 5.22. The number of hydrogen-bond donors (Lipinski definition) is 0. The molecule has 0 bridgehead atoms. The normalized spacial score (nSPS) is 30.5. The predicted molar refractivity (Wildman–Crippen MR) is 85.2 cm³/mol. The van der Waals surface area contributed by atoms with Crippen LogP contribution in [0.15, 0.2) is 30.3 Å². The zero-order valence-corrected chi connectivity index (χ0v) is 13.2. The third-order valence-corrected chi connectivity index (χ3v) is 5.22. The average molecular weight is 315 g/mol. The van der Waals surface area contributed by atoms with E-state index in [-0.39, 0.29) is 30.1 Å². The molecule has 3 heterocycles. The Morgan fingerprint density at radius 1 is 1.13 bits per heavy atom. The van der Waals surface area contributed by atoms with E-state index in [0.717, 1.165) is 25.2 Å². The largest absolute Gasteiger partial charge is 0.380 e. The van der Waals surface area contributed by atoms with E-state index >= 15 is 0 Å². The fourth-order valence-corrected chi connectivity index (χ4v) is 3.97. The van der Waals surface area contributed by atoms with Crippen LogP contribution in [0.25, 0.3) is 0 Å². The van der Waals surface area contributed by atoms with Crippen molar-refractivity contribution in [3.63, 3.8) is 0 Å². The zero-order valence-electron chi connectivity index (χ0n) is 13.2. The molecule has 0 aliphatic carbocycles. The lowest BCUT2D eigenvalue weighted by Crippen LogP contribution is -2.44. The van der Waals surface area contributed by atoms with Crippen molar-refractivity contribution in [3.8, 4) is 0 Å². The Morgan fingerprint density at radius 3 is 2.61 bits per heavy atom. The molecule has 6 heteroatoms. The minimum atomic E-state index is -0.321. The van der Waals surface area contributed by atoms with Crippen molar-refractivity contribution in [2.24, 2.45) is 0 Å². The number of amides is 3. The fourth-order valence-electron chi connectivity index (χ4n) is 3.97. The number of imide groups is 1. The molecule has 3 fully saturated rings. The first-order chi connectivity index (χ1) is 11.2. The van der Waals surface area contributed by atoms with Gasteiger partial charge in [0.25, 0.3) is 5.91 Å². The van der Waals surface area contributed by atoms with Gasteiger partial charge in [-0.15, -0.1) is 0 Å². The Bertz CT molecular complexity index is 597. The summed E-state index contributed by atoms with van der Waals surface area (Å²) in [6, 6.07) is 9.66. The second-order valence-corrected chi connectivity index (χ2v) is 6.48. The highest BCUT2D eigenvalue weighted by Gasteiger charge is 2.53. The highest BCUT2D eigenvalue weighted by molar-refractivity contribution is 6.05. The van der Waals surface area contributed by atoms with Gasteiger partial charge in [0, 0.05) is 38.9 Å². The molecule has 0 N–H and O–H groups in total. The maximum atomic E-state index is 12.7. The van der Waals surface area contributed by atoms with Crippen molar-refractivity contribution in [1.29, 1.82) is 0 Å². The molecular weight excluding hydrogens is 294 g/mol. The number of benzene rings is 1. The highest BCUT2D eigenvalue weighted by Crippen LogP contribution is 2.33. The van der Waals surface area contributed by atoms with E-state index in [1.165, 1.54) is 4.90 Å². The summed E-state index contributed by atoms with van der Waals surface area (Å²) in [6.45, 7) is 2.12. The van der Waals surface area contributed by atoms with E-state index < -0.39 is 0 Å². The van der Waals surface area contributed by atoms with Gasteiger partial charge in [-0.1, -0.05) is 18.2 Å². The molecule has 6 nitrogen and oxygen atoms in total. The summed E-state index contributed by atoms with van der Waals surface area (Å²) in [6.07, 6.45) is 1.44. The van der Waals surface area contributed by atoms with E-state index in [1.54, 1.807) is 12.0 Å². The van der Waals surface area contributed by atoms with Crippen LogP contribution in [0.3, 0.4) is 0 Å². The van der Waals surface area contributed by atoms with Gasteiger partial charge in [0.15, 0.2) is 0 Å². The summed E-state index contributed by atoms with van der Waals surface area (Å²) in [4.78, 5) is 30.7. The van der Waals surface area contributed by atoms with Gasteiger partial charge in [0.2, 0.25) is 0 Å². The van der Waals surface area contributed by atoms with Gasteiger partial charge in [-0.25, -0.2) is 4.79 Å². The van der Waals surface area contributed by atoms with Crippen LogP contribution in [0.4, 0.5) is 10.5 Å². The summed E-state index contributed by atoms with van der Waals surface area (Å²) in [7, 11) is 1.63. The van der Waals surface area contributed by atoms with Crippen molar-refractivity contribution < 1.29 is 14.3 Å². The number of rotatable bonds is 3. The summed E-state index contributed by atoms with van der Waals surface area (Å²) < 4.78 is 5.31. The number of anilines is 1. The molecule has 3 amide bonds. The monoisotopic (exact) mass is 315 g/mol. The number of ether oxygens (including phenoxy) is 1. The minimum absolute atomic E-state index is 0.0144. The Kier molecular flexibility index (Phi) is 3.49. The molecule has 3 saturated heterocycles. The topological polar surface area (TPSA) is 53.1 Å². The maximum absolute atomic E-state index is 12.7. The molecule has 3 atom stereocenters. The third kappa shape index (κ3) is 2.28. The van der Waals surface area contributed by atoms with Crippen molar-refractivity contribution in [2.45, 2.75) is 31.0 Å². The summed E-state index contributed by atoms with van der Waals surface area (Å²) in [5.41, 5.74) is 1.15. The SMILES string of the molecule is CO[C@@H]1C[C@H]2C(=O)N([C@@H]3CCN(c4ccccc4)C3)C(=O)N2C1. The molecule has 0 saturated carbocycles. The number of fused-ring (bicyclic) bond motifs is 1. The average Bonchev–Trinajstić information content (AvgIpc) is 3.26. The molecular formula is C17H21N3O3. The molecule has 122 valence electrons. The van der Waals surface area contributed by atoms with Crippen molar-refractivity contribution in [1.82, 2.24) is 9.80 Å². The van der Waals surface area contributed by atoms with Crippen LogP contribution >= 0.6 is 0 Å². The fraction of sp³-hybridized carbons (Fsp3) is 0.529. The molecule has 3 aliphatic rings. The van der Waals surface area contributed by atoms with Crippen molar-refractivity contribution in [2.75, 3.05) is 31.6 Å². The van der Waals surface area contributed by atoms with Crippen molar-refractivity contribution >= 4 is 17.6 Å². The van der Waals surface area contributed by atoms with Crippen LogP contribution in [0.1, 0.15) is 12.8 Å². The summed E-state index contributed by atoms with van der Waals surface area (Å²) >= 11 is 0. The minimum Gasteiger partial charge on any atom is -0.380 e. The molecule has 23 heavy (non-hydrogen) atoms. The number of carbonyl (C=O) groups excluding carboxylic acids is 2.